The molecule has 0 unspecified atom stereocenters. The number of hydrogen-bond acceptors (Lipinski definition) is 2. The summed E-state index contributed by atoms with van der Waals surface area (Å²) in [4.78, 5) is 2.51. The number of nitrogens with zero attached hydrogens (tertiary/aromatic N) is 1. The highest BCUT2D eigenvalue weighted by Gasteiger charge is 2.44. The minimum absolute atomic E-state index is 0.283. The third kappa shape index (κ3) is 3.07. The topological polar surface area (TPSA) is 23.5 Å². The lowest BCUT2D eigenvalue weighted by atomic mass is 9.72. The largest absolute Gasteiger partial charge is 0.395 e. The lowest BCUT2D eigenvalue weighted by Crippen LogP contribution is -2.61. The van der Waals surface area contributed by atoms with E-state index >= 15 is 0 Å². The second-order valence-electron chi connectivity index (χ2n) is 6.85. The van der Waals surface area contributed by atoms with Crippen LogP contribution in [-0.2, 0) is 6.42 Å². The highest BCUT2D eigenvalue weighted by molar-refractivity contribution is 5.16. The lowest BCUT2D eigenvalue weighted by Gasteiger charge is -2.53. The van der Waals surface area contributed by atoms with Crippen molar-refractivity contribution in [3.63, 3.8) is 0 Å². The molecule has 2 fully saturated rings. The molecular formula is C18H27NO. The minimum Gasteiger partial charge on any atom is -0.395 e. The van der Waals surface area contributed by atoms with Gasteiger partial charge < -0.3 is 5.11 Å². The van der Waals surface area contributed by atoms with Crippen LogP contribution in [0.15, 0.2) is 30.3 Å². The normalized spacial score (nSPS) is 24.1. The Hall–Kier alpha value is -0.860. The Morgan fingerprint density at radius 2 is 1.65 bits per heavy atom. The predicted octanol–water partition coefficient (Wildman–Crippen LogP) is 3.25. The predicted molar refractivity (Wildman–Crippen MR) is 82.7 cm³/mol. The first-order valence-corrected chi connectivity index (χ1v) is 8.20. The van der Waals surface area contributed by atoms with E-state index < -0.39 is 0 Å². The van der Waals surface area contributed by atoms with Crippen LogP contribution in [0, 0.1) is 5.41 Å². The highest BCUT2D eigenvalue weighted by atomic mass is 16.3. The van der Waals surface area contributed by atoms with Gasteiger partial charge in [0.2, 0.25) is 0 Å². The van der Waals surface area contributed by atoms with Crippen LogP contribution in [0.1, 0.15) is 44.1 Å². The van der Waals surface area contributed by atoms with E-state index in [9.17, 15) is 5.11 Å². The zero-order chi connectivity index (χ0) is 13.8. The van der Waals surface area contributed by atoms with Gasteiger partial charge in [0.15, 0.2) is 0 Å². The van der Waals surface area contributed by atoms with Crippen molar-refractivity contribution in [3.05, 3.63) is 35.9 Å². The molecule has 110 valence electrons. The molecule has 20 heavy (non-hydrogen) atoms. The van der Waals surface area contributed by atoms with Gasteiger partial charge in [-0.3, -0.25) is 4.90 Å². The maximum Gasteiger partial charge on any atom is 0.0590 e. The second kappa shape index (κ2) is 6.28. The van der Waals surface area contributed by atoms with E-state index in [1.165, 1.54) is 57.2 Å². The van der Waals surface area contributed by atoms with Gasteiger partial charge in [0.05, 0.1) is 6.61 Å². The standard InChI is InChI=1S/C18H27NO/c20-13-17(12-16-8-4-3-5-9-16)19-14-18(15-19)10-6-1-2-7-11-18/h3-5,8-9,17,20H,1-2,6-7,10-15H2/t17-/m1/s1. The number of rotatable bonds is 4. The summed E-state index contributed by atoms with van der Waals surface area (Å²) in [5.74, 6) is 0. The van der Waals surface area contributed by atoms with E-state index in [1.807, 2.05) is 0 Å². The molecule has 2 aliphatic rings. The first kappa shape index (κ1) is 14.1. The molecule has 1 saturated heterocycles. The molecule has 1 saturated carbocycles. The average Bonchev–Trinajstić information content (AvgIpc) is 2.70. The Morgan fingerprint density at radius 3 is 2.25 bits per heavy atom. The van der Waals surface area contributed by atoms with Gasteiger partial charge in [-0.1, -0.05) is 56.0 Å². The van der Waals surface area contributed by atoms with Crippen molar-refractivity contribution < 1.29 is 5.11 Å². The van der Waals surface area contributed by atoms with Gasteiger partial charge >= 0.3 is 0 Å². The maximum atomic E-state index is 9.72. The fourth-order valence-corrected chi connectivity index (χ4v) is 4.06. The van der Waals surface area contributed by atoms with Crippen molar-refractivity contribution in [2.45, 2.75) is 51.0 Å². The highest BCUT2D eigenvalue weighted by Crippen LogP contribution is 2.43. The summed E-state index contributed by atoms with van der Waals surface area (Å²) in [7, 11) is 0. The molecule has 1 N–H and O–H groups in total. The van der Waals surface area contributed by atoms with E-state index in [1.54, 1.807) is 0 Å². The average molecular weight is 273 g/mol. The van der Waals surface area contributed by atoms with Crippen molar-refractivity contribution in [3.8, 4) is 0 Å². The summed E-state index contributed by atoms with van der Waals surface area (Å²) in [6.07, 6.45) is 9.48. The van der Waals surface area contributed by atoms with E-state index in [0.29, 0.717) is 11.5 Å². The van der Waals surface area contributed by atoms with Crippen molar-refractivity contribution in [1.29, 1.82) is 0 Å². The molecule has 0 radical (unpaired) electrons. The minimum atomic E-state index is 0.283. The van der Waals surface area contributed by atoms with Crippen LogP contribution in [0.5, 0.6) is 0 Å². The Labute approximate surface area is 122 Å². The number of likely N-dealkylation sites (tertiary alicyclic amines) is 1. The molecule has 1 aliphatic heterocycles. The molecule has 3 rings (SSSR count). The number of aliphatic hydroxyl groups excluding tert-OH is 1. The van der Waals surface area contributed by atoms with E-state index in [0.717, 1.165) is 6.42 Å². The van der Waals surface area contributed by atoms with E-state index in [-0.39, 0.29) is 6.61 Å². The van der Waals surface area contributed by atoms with Gasteiger partial charge in [-0.25, -0.2) is 0 Å². The van der Waals surface area contributed by atoms with Crippen LogP contribution in [-0.4, -0.2) is 35.7 Å². The molecule has 0 aromatic heterocycles. The third-order valence-corrected chi connectivity index (χ3v) is 5.28. The molecule has 1 aliphatic carbocycles. The van der Waals surface area contributed by atoms with E-state index in [2.05, 4.69) is 35.2 Å². The molecule has 1 aromatic rings. The molecular weight excluding hydrogens is 246 g/mol. The second-order valence-corrected chi connectivity index (χ2v) is 6.85. The van der Waals surface area contributed by atoms with Crippen LogP contribution in [0.3, 0.4) is 0 Å². The summed E-state index contributed by atoms with van der Waals surface area (Å²) in [6, 6.07) is 10.9. The molecule has 1 spiro atoms. The van der Waals surface area contributed by atoms with Crippen molar-refractivity contribution >= 4 is 0 Å². The number of hydrogen-bond donors (Lipinski definition) is 1. The molecule has 1 aromatic carbocycles. The van der Waals surface area contributed by atoms with E-state index in [4.69, 9.17) is 0 Å². The summed E-state index contributed by atoms with van der Waals surface area (Å²) < 4.78 is 0. The van der Waals surface area contributed by atoms with Crippen molar-refractivity contribution in [2.75, 3.05) is 19.7 Å². The quantitative estimate of drug-likeness (QED) is 0.910. The fraction of sp³-hybridized carbons (Fsp3) is 0.667. The van der Waals surface area contributed by atoms with Crippen LogP contribution >= 0.6 is 0 Å². The van der Waals surface area contributed by atoms with Crippen molar-refractivity contribution in [2.24, 2.45) is 5.41 Å². The smallest absolute Gasteiger partial charge is 0.0590 e. The maximum absolute atomic E-state index is 9.72. The fourth-order valence-electron chi connectivity index (χ4n) is 4.06. The zero-order valence-corrected chi connectivity index (χ0v) is 12.4. The third-order valence-electron chi connectivity index (χ3n) is 5.28. The molecule has 0 amide bonds. The monoisotopic (exact) mass is 273 g/mol. The zero-order valence-electron chi connectivity index (χ0n) is 12.4. The van der Waals surface area contributed by atoms with Crippen molar-refractivity contribution in [1.82, 2.24) is 4.90 Å². The molecule has 2 heteroatoms. The van der Waals surface area contributed by atoms with Crippen LogP contribution < -0.4 is 0 Å². The van der Waals surface area contributed by atoms with Crippen LogP contribution in [0.4, 0.5) is 0 Å². The van der Waals surface area contributed by atoms with Gasteiger partial charge in [-0.05, 0) is 30.2 Å². The van der Waals surface area contributed by atoms with Gasteiger partial charge in [-0.2, -0.15) is 0 Å². The van der Waals surface area contributed by atoms with Gasteiger partial charge in [0, 0.05) is 19.1 Å². The molecule has 2 nitrogen and oxygen atoms in total. The Morgan fingerprint density at radius 1 is 1.00 bits per heavy atom. The Bertz CT molecular complexity index is 401. The lowest BCUT2D eigenvalue weighted by molar-refractivity contribution is -0.0545. The Balaban J connectivity index is 1.56. The molecule has 0 bridgehead atoms. The summed E-state index contributed by atoms with van der Waals surface area (Å²) >= 11 is 0. The molecule has 1 heterocycles. The van der Waals surface area contributed by atoms with Crippen LogP contribution in [0.25, 0.3) is 0 Å². The summed E-state index contributed by atoms with van der Waals surface area (Å²) in [6.45, 7) is 2.71. The number of benzene rings is 1. The SMILES string of the molecule is OC[C@@H](Cc1ccccc1)N1CC2(CCCCCC2)C1. The van der Waals surface area contributed by atoms with Crippen LogP contribution in [0.2, 0.25) is 0 Å². The van der Waals surface area contributed by atoms with Gasteiger partial charge in [-0.15, -0.1) is 0 Å². The van der Waals surface area contributed by atoms with Gasteiger partial charge in [0.25, 0.3) is 0 Å². The van der Waals surface area contributed by atoms with Gasteiger partial charge in [0.1, 0.15) is 0 Å². The Kier molecular flexibility index (Phi) is 4.42. The molecule has 1 atom stereocenters. The summed E-state index contributed by atoms with van der Waals surface area (Å²) in [5.41, 5.74) is 1.94. The number of aliphatic hydroxyl groups is 1. The first-order valence-electron chi connectivity index (χ1n) is 8.20. The first-order chi connectivity index (χ1) is 9.81. The summed E-state index contributed by atoms with van der Waals surface area (Å²) in [5, 5.41) is 9.72.